The number of carboxylic acid groups (broad SMARTS) is 1. The fourth-order valence-electron chi connectivity index (χ4n) is 1.57. The van der Waals surface area contributed by atoms with E-state index in [2.05, 4.69) is 5.32 Å². The van der Waals surface area contributed by atoms with Gasteiger partial charge in [0.15, 0.2) is 0 Å². The maximum atomic E-state index is 11.7. The van der Waals surface area contributed by atoms with Crippen molar-refractivity contribution in [1.82, 2.24) is 5.32 Å². The first-order chi connectivity index (χ1) is 8.63. The van der Waals surface area contributed by atoms with Crippen molar-refractivity contribution in [3.63, 3.8) is 0 Å². The summed E-state index contributed by atoms with van der Waals surface area (Å²) in [5, 5.41) is 11.6. The number of carbonyl (C=O) groups is 2. The Morgan fingerprint density at radius 3 is 2.56 bits per heavy atom. The number of hydrogen-bond acceptors (Lipinski definition) is 2. The molecule has 0 saturated carbocycles. The van der Waals surface area contributed by atoms with Gasteiger partial charge in [0.2, 0.25) is 5.91 Å². The van der Waals surface area contributed by atoms with E-state index < -0.39 is 12.0 Å². The molecule has 1 aromatic carbocycles. The van der Waals surface area contributed by atoms with Gasteiger partial charge in [-0.05, 0) is 24.8 Å². The van der Waals surface area contributed by atoms with E-state index >= 15 is 0 Å². The summed E-state index contributed by atoms with van der Waals surface area (Å²) in [6.07, 6.45) is 1.53. The molecule has 2 unspecified atom stereocenters. The summed E-state index contributed by atoms with van der Waals surface area (Å²) in [5.74, 6) is -1.21. The molecule has 98 valence electrons. The predicted octanol–water partition coefficient (Wildman–Crippen LogP) is 1.50. The Kier molecular flexibility index (Phi) is 6.37. The Hall–Kier alpha value is -1.41. The molecular formula is C13H18NO3P. The standard InChI is InChI=1S/C13H18NO3P/c1-18-8-7-11(13(16)17)14-12(15)9-10-5-3-2-4-6-10/h2-6,11,18H,7-9H2,1H3,(H,14,15)(H,16,17). The third-order valence-corrected chi connectivity index (χ3v) is 3.31. The van der Waals surface area contributed by atoms with Crippen LogP contribution < -0.4 is 5.32 Å². The lowest BCUT2D eigenvalue weighted by Gasteiger charge is -2.14. The van der Waals surface area contributed by atoms with Crippen LogP contribution in [0.1, 0.15) is 12.0 Å². The van der Waals surface area contributed by atoms with Crippen molar-refractivity contribution in [3.8, 4) is 0 Å². The van der Waals surface area contributed by atoms with Gasteiger partial charge >= 0.3 is 5.97 Å². The molecule has 4 nitrogen and oxygen atoms in total. The molecule has 0 heterocycles. The van der Waals surface area contributed by atoms with E-state index in [1.807, 2.05) is 37.0 Å². The molecule has 0 aliphatic rings. The highest BCUT2D eigenvalue weighted by Gasteiger charge is 2.18. The predicted molar refractivity (Wildman–Crippen MR) is 73.4 cm³/mol. The smallest absolute Gasteiger partial charge is 0.326 e. The normalized spacial score (nSPS) is 12.5. The molecule has 0 saturated heterocycles. The third-order valence-electron chi connectivity index (χ3n) is 2.52. The highest BCUT2D eigenvalue weighted by molar-refractivity contribution is 7.36. The Labute approximate surface area is 109 Å². The van der Waals surface area contributed by atoms with Gasteiger partial charge in [-0.2, -0.15) is 0 Å². The quantitative estimate of drug-likeness (QED) is 0.736. The number of benzene rings is 1. The van der Waals surface area contributed by atoms with Crippen LogP contribution in [0, 0.1) is 0 Å². The van der Waals surface area contributed by atoms with Gasteiger partial charge in [0.25, 0.3) is 0 Å². The summed E-state index contributed by atoms with van der Waals surface area (Å²) in [6.45, 7) is 2.02. The Morgan fingerprint density at radius 2 is 2.00 bits per heavy atom. The largest absolute Gasteiger partial charge is 0.480 e. The molecule has 1 rings (SSSR count). The molecular weight excluding hydrogens is 249 g/mol. The van der Waals surface area contributed by atoms with Crippen LogP contribution in [0.5, 0.6) is 0 Å². The van der Waals surface area contributed by atoms with E-state index in [1.54, 1.807) is 0 Å². The van der Waals surface area contributed by atoms with Gasteiger partial charge in [0, 0.05) is 0 Å². The fourth-order valence-corrected chi connectivity index (χ4v) is 2.15. The molecule has 0 aliphatic carbocycles. The monoisotopic (exact) mass is 267 g/mol. The van der Waals surface area contributed by atoms with Crippen LogP contribution in [0.25, 0.3) is 0 Å². The first kappa shape index (κ1) is 14.7. The number of hydrogen-bond donors (Lipinski definition) is 2. The highest BCUT2D eigenvalue weighted by atomic mass is 31.1. The maximum Gasteiger partial charge on any atom is 0.326 e. The zero-order valence-electron chi connectivity index (χ0n) is 10.3. The molecule has 2 atom stereocenters. The van der Waals surface area contributed by atoms with Crippen molar-refractivity contribution < 1.29 is 14.7 Å². The zero-order chi connectivity index (χ0) is 13.4. The van der Waals surface area contributed by atoms with Crippen LogP contribution in [-0.2, 0) is 16.0 Å². The Balaban J connectivity index is 2.48. The van der Waals surface area contributed by atoms with Crippen LogP contribution >= 0.6 is 8.58 Å². The molecule has 0 bridgehead atoms. The van der Waals surface area contributed by atoms with Gasteiger partial charge in [0.05, 0.1) is 6.42 Å². The molecule has 0 aliphatic heterocycles. The van der Waals surface area contributed by atoms with Gasteiger partial charge in [-0.25, -0.2) is 4.79 Å². The van der Waals surface area contributed by atoms with Crippen LogP contribution in [0.4, 0.5) is 0 Å². The van der Waals surface area contributed by atoms with Gasteiger partial charge in [-0.3, -0.25) is 4.79 Å². The Morgan fingerprint density at radius 1 is 1.33 bits per heavy atom. The number of amides is 1. The molecule has 2 N–H and O–H groups in total. The lowest BCUT2D eigenvalue weighted by atomic mass is 10.1. The summed E-state index contributed by atoms with van der Waals surface area (Å²) in [4.78, 5) is 22.7. The number of carboxylic acids is 1. The van der Waals surface area contributed by atoms with Crippen molar-refractivity contribution >= 4 is 20.5 Å². The van der Waals surface area contributed by atoms with Crippen LogP contribution in [0.15, 0.2) is 30.3 Å². The number of aliphatic carboxylic acids is 1. The molecule has 5 heteroatoms. The summed E-state index contributed by atoms with van der Waals surface area (Å²) in [6, 6.07) is 8.52. The van der Waals surface area contributed by atoms with Crippen molar-refractivity contribution in [3.05, 3.63) is 35.9 Å². The average molecular weight is 267 g/mol. The fraction of sp³-hybridized carbons (Fsp3) is 0.385. The van der Waals surface area contributed by atoms with Crippen molar-refractivity contribution in [2.45, 2.75) is 18.9 Å². The van der Waals surface area contributed by atoms with E-state index in [-0.39, 0.29) is 12.3 Å². The van der Waals surface area contributed by atoms with Crippen molar-refractivity contribution in [2.24, 2.45) is 0 Å². The lowest BCUT2D eigenvalue weighted by Crippen LogP contribution is -2.41. The van der Waals surface area contributed by atoms with Gasteiger partial charge in [-0.15, -0.1) is 8.58 Å². The van der Waals surface area contributed by atoms with Crippen molar-refractivity contribution in [1.29, 1.82) is 0 Å². The zero-order valence-corrected chi connectivity index (χ0v) is 11.3. The second kappa shape index (κ2) is 7.83. The maximum absolute atomic E-state index is 11.7. The summed E-state index contributed by atoms with van der Waals surface area (Å²) < 4.78 is 0. The highest BCUT2D eigenvalue weighted by Crippen LogP contribution is 2.07. The van der Waals surface area contributed by atoms with E-state index in [4.69, 9.17) is 5.11 Å². The van der Waals surface area contributed by atoms with Crippen LogP contribution in [0.2, 0.25) is 0 Å². The minimum Gasteiger partial charge on any atom is -0.480 e. The van der Waals surface area contributed by atoms with Gasteiger partial charge < -0.3 is 10.4 Å². The first-order valence-electron chi connectivity index (χ1n) is 5.84. The summed E-state index contributed by atoms with van der Waals surface area (Å²) in [5.41, 5.74) is 0.886. The molecule has 0 spiro atoms. The van der Waals surface area contributed by atoms with E-state index in [9.17, 15) is 9.59 Å². The van der Waals surface area contributed by atoms with Crippen LogP contribution in [-0.4, -0.2) is 35.9 Å². The summed E-state index contributed by atoms with van der Waals surface area (Å²) in [7, 11) is 0.699. The second-order valence-electron chi connectivity index (χ2n) is 4.01. The minimum absolute atomic E-state index is 0.221. The molecule has 0 fully saturated rings. The third kappa shape index (κ3) is 5.28. The molecule has 1 amide bonds. The van der Waals surface area contributed by atoms with Crippen LogP contribution in [0.3, 0.4) is 0 Å². The second-order valence-corrected chi connectivity index (χ2v) is 5.22. The Bertz CT molecular complexity index is 394. The van der Waals surface area contributed by atoms with Gasteiger partial charge in [0.1, 0.15) is 6.04 Å². The molecule has 1 aromatic rings. The minimum atomic E-state index is -0.963. The van der Waals surface area contributed by atoms with E-state index in [0.717, 1.165) is 11.7 Å². The number of nitrogens with one attached hydrogen (secondary N) is 1. The number of rotatable bonds is 7. The molecule has 18 heavy (non-hydrogen) atoms. The lowest BCUT2D eigenvalue weighted by molar-refractivity contribution is -0.141. The summed E-state index contributed by atoms with van der Waals surface area (Å²) >= 11 is 0. The van der Waals surface area contributed by atoms with E-state index in [1.165, 1.54) is 0 Å². The topological polar surface area (TPSA) is 66.4 Å². The molecule has 0 radical (unpaired) electrons. The van der Waals surface area contributed by atoms with Crippen molar-refractivity contribution in [2.75, 3.05) is 12.8 Å². The SMILES string of the molecule is CPCCC(NC(=O)Cc1ccccc1)C(=O)O. The number of carbonyl (C=O) groups excluding carboxylic acids is 1. The molecule has 0 aromatic heterocycles. The van der Waals surface area contributed by atoms with E-state index in [0.29, 0.717) is 15.0 Å². The van der Waals surface area contributed by atoms with Gasteiger partial charge in [-0.1, -0.05) is 30.3 Å². The average Bonchev–Trinajstić information content (AvgIpc) is 2.35. The first-order valence-corrected chi connectivity index (χ1v) is 7.55.